The van der Waals surface area contributed by atoms with E-state index in [-0.39, 0.29) is 11.9 Å². The summed E-state index contributed by atoms with van der Waals surface area (Å²) in [5.74, 6) is 1.17. The minimum absolute atomic E-state index is 0.103. The molecule has 1 aliphatic rings. The highest BCUT2D eigenvalue weighted by atomic mass is 32.2. The summed E-state index contributed by atoms with van der Waals surface area (Å²) in [7, 11) is 1.63. The summed E-state index contributed by atoms with van der Waals surface area (Å²) in [5, 5.41) is 12.3. The van der Waals surface area contributed by atoms with Gasteiger partial charge in [0.1, 0.15) is 5.75 Å². The van der Waals surface area contributed by atoms with E-state index in [0.29, 0.717) is 10.9 Å². The Bertz CT molecular complexity index is 1060. The topological polar surface area (TPSA) is 78.3 Å². The Morgan fingerprint density at radius 3 is 2.97 bits per heavy atom. The second kappa shape index (κ2) is 9.84. The number of para-hydroxylation sites is 2. The van der Waals surface area contributed by atoms with E-state index < -0.39 is 0 Å². The van der Waals surface area contributed by atoms with E-state index in [1.54, 1.807) is 7.11 Å². The van der Waals surface area contributed by atoms with E-state index in [4.69, 9.17) is 9.47 Å². The fourth-order valence-corrected chi connectivity index (χ4v) is 5.39. The lowest BCUT2D eigenvalue weighted by Gasteiger charge is -2.14. The lowest BCUT2D eigenvalue weighted by Crippen LogP contribution is -2.17. The molecule has 0 aliphatic carbocycles. The number of aryl methyl sites for hydroxylation is 1. The summed E-state index contributed by atoms with van der Waals surface area (Å²) < 4.78 is 14.1. The molecule has 1 saturated heterocycles. The van der Waals surface area contributed by atoms with Gasteiger partial charge in [0.05, 0.1) is 24.7 Å². The highest BCUT2D eigenvalue weighted by Crippen LogP contribution is 2.32. The zero-order valence-corrected chi connectivity index (χ0v) is 19.5. The number of carbonyl (C=O) groups excluding carboxylic acids is 1. The molecular weight excluding hydrogens is 432 g/mol. The minimum Gasteiger partial charge on any atom is -0.495 e. The standard InChI is InChI=1S/C22H26N4O3S2/c1-14-11-17(15(2)26(14)12-16-7-6-10-29-16)19(27)13-30-22-25-24-21(31-22)23-18-8-4-5-9-20(18)28-3/h4-5,8-9,11,16H,6-7,10,12-13H2,1-3H3,(H,23,24)/t16-/m0/s1. The van der Waals surface area contributed by atoms with Crippen LogP contribution in [0.25, 0.3) is 0 Å². The summed E-state index contributed by atoms with van der Waals surface area (Å²) in [6, 6.07) is 9.63. The highest BCUT2D eigenvalue weighted by Gasteiger charge is 2.21. The van der Waals surface area contributed by atoms with Crippen LogP contribution in [-0.2, 0) is 11.3 Å². The van der Waals surface area contributed by atoms with Gasteiger partial charge in [-0.2, -0.15) is 0 Å². The van der Waals surface area contributed by atoms with Crippen molar-refractivity contribution in [3.05, 3.63) is 47.3 Å². The van der Waals surface area contributed by atoms with Gasteiger partial charge < -0.3 is 19.4 Å². The van der Waals surface area contributed by atoms with Crippen LogP contribution in [0, 0.1) is 13.8 Å². The molecule has 1 fully saturated rings. The lowest BCUT2D eigenvalue weighted by molar-refractivity contribution is 0.0957. The molecule has 0 spiro atoms. The van der Waals surface area contributed by atoms with Crippen molar-refractivity contribution in [2.24, 2.45) is 0 Å². The summed E-state index contributed by atoms with van der Waals surface area (Å²) >= 11 is 2.83. The second-order valence-electron chi connectivity index (χ2n) is 7.44. The van der Waals surface area contributed by atoms with Crippen molar-refractivity contribution < 1.29 is 14.3 Å². The molecule has 164 valence electrons. The molecule has 0 unspecified atom stereocenters. The molecule has 4 rings (SSSR count). The quantitative estimate of drug-likeness (QED) is 0.362. The van der Waals surface area contributed by atoms with E-state index in [1.807, 2.05) is 44.2 Å². The van der Waals surface area contributed by atoms with Crippen molar-refractivity contribution >= 4 is 39.7 Å². The smallest absolute Gasteiger partial charge is 0.210 e. The Morgan fingerprint density at radius 1 is 1.35 bits per heavy atom. The zero-order valence-electron chi connectivity index (χ0n) is 17.9. The summed E-state index contributed by atoms with van der Waals surface area (Å²) in [5.41, 5.74) is 3.71. The molecule has 7 nitrogen and oxygen atoms in total. The molecular formula is C22H26N4O3S2. The first-order chi connectivity index (χ1) is 15.0. The van der Waals surface area contributed by atoms with E-state index in [9.17, 15) is 4.79 Å². The number of hydrogen-bond donors (Lipinski definition) is 1. The van der Waals surface area contributed by atoms with Crippen LogP contribution in [0.1, 0.15) is 34.6 Å². The second-order valence-corrected chi connectivity index (χ2v) is 9.64. The van der Waals surface area contributed by atoms with Crippen LogP contribution in [-0.4, -0.2) is 46.1 Å². The van der Waals surface area contributed by atoms with Crippen LogP contribution in [0.5, 0.6) is 5.75 Å². The van der Waals surface area contributed by atoms with Crippen LogP contribution >= 0.6 is 23.1 Å². The number of nitrogens with one attached hydrogen (secondary N) is 1. The Hall–Kier alpha value is -2.36. The largest absolute Gasteiger partial charge is 0.495 e. The molecule has 0 bridgehead atoms. The third-order valence-electron chi connectivity index (χ3n) is 5.37. The molecule has 2 aromatic heterocycles. The van der Waals surface area contributed by atoms with Crippen LogP contribution in [0.15, 0.2) is 34.7 Å². The van der Waals surface area contributed by atoms with Crippen molar-refractivity contribution in [2.45, 2.75) is 43.7 Å². The number of ether oxygens (including phenoxy) is 2. The van der Waals surface area contributed by atoms with Crippen LogP contribution in [0.4, 0.5) is 10.8 Å². The lowest BCUT2D eigenvalue weighted by atomic mass is 10.2. The van der Waals surface area contributed by atoms with Crippen molar-refractivity contribution in [3.8, 4) is 5.75 Å². The third-order valence-corrected chi connectivity index (χ3v) is 7.34. The molecule has 0 saturated carbocycles. The number of nitrogens with zero attached hydrogens (tertiary/aromatic N) is 3. The number of benzene rings is 1. The first kappa shape index (κ1) is 21.9. The maximum Gasteiger partial charge on any atom is 0.210 e. The van der Waals surface area contributed by atoms with Gasteiger partial charge in [0, 0.05) is 30.1 Å². The van der Waals surface area contributed by atoms with Crippen molar-refractivity contribution in [2.75, 3.05) is 24.8 Å². The number of anilines is 2. The first-order valence-electron chi connectivity index (χ1n) is 10.2. The highest BCUT2D eigenvalue weighted by molar-refractivity contribution is 8.01. The number of rotatable bonds is 9. The average Bonchev–Trinajstić information content (AvgIpc) is 3.51. The Labute approximate surface area is 190 Å². The number of Topliss-reactive ketones (excluding diaryl/α,β-unsaturated/α-hetero) is 1. The van der Waals surface area contributed by atoms with Crippen LogP contribution < -0.4 is 10.1 Å². The summed E-state index contributed by atoms with van der Waals surface area (Å²) in [4.78, 5) is 12.9. The van der Waals surface area contributed by atoms with E-state index in [1.165, 1.54) is 23.1 Å². The van der Waals surface area contributed by atoms with Gasteiger partial charge in [0.25, 0.3) is 0 Å². The number of ketones is 1. The molecule has 31 heavy (non-hydrogen) atoms. The number of thioether (sulfide) groups is 1. The molecule has 0 amide bonds. The van der Waals surface area contributed by atoms with Gasteiger partial charge in [-0.3, -0.25) is 4.79 Å². The molecule has 0 radical (unpaired) electrons. The maximum absolute atomic E-state index is 12.9. The first-order valence-corrected chi connectivity index (χ1v) is 12.0. The van der Waals surface area contributed by atoms with Crippen molar-refractivity contribution in [1.29, 1.82) is 0 Å². The van der Waals surface area contributed by atoms with E-state index >= 15 is 0 Å². The average molecular weight is 459 g/mol. The minimum atomic E-state index is 0.103. The molecule has 1 aliphatic heterocycles. The molecule has 9 heteroatoms. The fourth-order valence-electron chi connectivity index (χ4n) is 3.74. The maximum atomic E-state index is 12.9. The predicted molar refractivity (Wildman–Crippen MR) is 124 cm³/mol. The monoisotopic (exact) mass is 458 g/mol. The van der Waals surface area contributed by atoms with E-state index in [2.05, 4.69) is 20.1 Å². The molecule has 1 aromatic carbocycles. The fraction of sp³-hybridized carbons (Fsp3) is 0.409. The van der Waals surface area contributed by atoms with Gasteiger partial charge >= 0.3 is 0 Å². The SMILES string of the molecule is COc1ccccc1Nc1nnc(SCC(=O)c2cc(C)n(C[C@@H]3CCCO3)c2C)s1. The Kier molecular flexibility index (Phi) is 6.94. The number of methoxy groups -OCH3 is 1. The number of hydrogen-bond acceptors (Lipinski definition) is 8. The van der Waals surface area contributed by atoms with Crippen molar-refractivity contribution in [1.82, 2.24) is 14.8 Å². The van der Waals surface area contributed by atoms with Crippen molar-refractivity contribution in [3.63, 3.8) is 0 Å². The van der Waals surface area contributed by atoms with Gasteiger partial charge in [-0.25, -0.2) is 0 Å². The number of carbonyl (C=O) groups is 1. The Morgan fingerprint density at radius 2 is 2.19 bits per heavy atom. The van der Waals surface area contributed by atoms with Crippen LogP contribution in [0.2, 0.25) is 0 Å². The van der Waals surface area contributed by atoms with Gasteiger partial charge in [-0.15, -0.1) is 10.2 Å². The summed E-state index contributed by atoms with van der Waals surface area (Å²) in [6.45, 7) is 5.71. The molecule has 3 heterocycles. The summed E-state index contributed by atoms with van der Waals surface area (Å²) in [6.07, 6.45) is 2.44. The third kappa shape index (κ3) is 5.11. The van der Waals surface area contributed by atoms with Gasteiger partial charge in [-0.1, -0.05) is 35.2 Å². The van der Waals surface area contributed by atoms with E-state index in [0.717, 1.165) is 58.7 Å². The predicted octanol–water partition coefficient (Wildman–Crippen LogP) is 4.86. The zero-order chi connectivity index (χ0) is 21.8. The molecule has 1 N–H and O–H groups in total. The van der Waals surface area contributed by atoms with Gasteiger partial charge in [0.15, 0.2) is 10.1 Å². The van der Waals surface area contributed by atoms with Gasteiger partial charge in [-0.05, 0) is 44.9 Å². The molecule has 3 aromatic rings. The van der Waals surface area contributed by atoms with Crippen LogP contribution in [0.3, 0.4) is 0 Å². The molecule has 1 atom stereocenters. The van der Waals surface area contributed by atoms with Gasteiger partial charge in [0.2, 0.25) is 5.13 Å². The normalized spacial score (nSPS) is 15.9. The Balaban J connectivity index is 1.37. The number of aromatic nitrogens is 3.